The quantitative estimate of drug-likeness (QED) is 0.563. The van der Waals surface area contributed by atoms with Crippen LogP contribution in [0, 0.1) is 6.07 Å². The minimum Gasteiger partial charge on any atom is -0.256 e. The van der Waals surface area contributed by atoms with Crippen LogP contribution in [0.4, 0.5) is 13.2 Å². The van der Waals surface area contributed by atoms with Crippen molar-refractivity contribution in [2.45, 2.75) is 6.18 Å². The maximum absolute atomic E-state index is 12.8. The van der Waals surface area contributed by atoms with Crippen LogP contribution in [0.2, 0.25) is 0 Å². The Balaban J connectivity index is 2.54. The number of hydrogen-bond acceptors (Lipinski definition) is 1. The van der Waals surface area contributed by atoms with Crippen LogP contribution in [0.1, 0.15) is 5.56 Å². The van der Waals surface area contributed by atoms with Gasteiger partial charge in [0, 0.05) is 17.0 Å². The van der Waals surface area contributed by atoms with Crippen molar-refractivity contribution in [3.63, 3.8) is 0 Å². The molecule has 0 atom stereocenters. The predicted octanol–water partition coefficient (Wildman–Crippen LogP) is 3.64. The van der Waals surface area contributed by atoms with Crippen LogP contribution in [-0.4, -0.2) is 4.98 Å². The highest BCUT2D eigenvalue weighted by atomic mass is 19.4. The minimum absolute atomic E-state index is 0.148. The van der Waals surface area contributed by atoms with Gasteiger partial charge in [0.1, 0.15) is 0 Å². The van der Waals surface area contributed by atoms with Gasteiger partial charge >= 0.3 is 6.18 Å². The number of halogens is 3. The molecule has 2 bridgehead atoms. The summed E-state index contributed by atoms with van der Waals surface area (Å²) in [4.78, 5) is 3.96. The van der Waals surface area contributed by atoms with Crippen LogP contribution >= 0.6 is 0 Å². The van der Waals surface area contributed by atoms with Gasteiger partial charge in [-0.1, -0.05) is 18.2 Å². The molecule has 1 radical (unpaired) electrons. The Bertz CT molecular complexity index is 637. The summed E-state index contributed by atoms with van der Waals surface area (Å²) < 4.78 is 38.3. The second-order valence-electron chi connectivity index (χ2n) is 3.57. The van der Waals surface area contributed by atoms with Gasteiger partial charge in [-0.05, 0) is 17.5 Å². The first-order chi connectivity index (χ1) is 7.57. The van der Waals surface area contributed by atoms with Crippen molar-refractivity contribution in [1.29, 1.82) is 0 Å². The van der Waals surface area contributed by atoms with E-state index in [9.17, 15) is 13.2 Å². The van der Waals surface area contributed by atoms with Gasteiger partial charge in [0.2, 0.25) is 0 Å². The van der Waals surface area contributed by atoms with E-state index in [-0.39, 0.29) is 5.39 Å². The summed E-state index contributed by atoms with van der Waals surface area (Å²) in [5.74, 6) is 0. The zero-order valence-corrected chi connectivity index (χ0v) is 7.97. The molecule has 4 heteroatoms. The molecule has 4 aromatic rings. The van der Waals surface area contributed by atoms with E-state index in [1.165, 1.54) is 6.07 Å². The molecule has 0 saturated heterocycles. The zero-order chi connectivity index (χ0) is 11.3. The number of rotatable bonds is 0. The molecule has 0 N–H and O–H groups in total. The number of pyridine rings is 2. The molecule has 0 aliphatic carbocycles. The molecule has 79 valence electrons. The second-order valence-corrected chi connectivity index (χ2v) is 3.57. The predicted molar refractivity (Wildman–Crippen MR) is 54.3 cm³/mol. The Kier molecular flexibility index (Phi) is 1.67. The van der Waals surface area contributed by atoms with Crippen LogP contribution in [-0.2, 0) is 6.18 Å². The van der Waals surface area contributed by atoms with Gasteiger partial charge in [-0.15, -0.1) is 0 Å². The van der Waals surface area contributed by atoms with Gasteiger partial charge in [0.15, 0.2) is 0 Å². The van der Waals surface area contributed by atoms with Crippen molar-refractivity contribution >= 4 is 21.7 Å². The first kappa shape index (κ1) is 9.39. The van der Waals surface area contributed by atoms with Crippen molar-refractivity contribution < 1.29 is 13.2 Å². The lowest BCUT2D eigenvalue weighted by Crippen LogP contribution is -2.06. The summed E-state index contributed by atoms with van der Waals surface area (Å²) >= 11 is 0. The highest BCUT2D eigenvalue weighted by molar-refractivity contribution is 6.09. The second kappa shape index (κ2) is 2.84. The third-order valence-corrected chi connectivity index (χ3v) is 2.61. The van der Waals surface area contributed by atoms with E-state index in [4.69, 9.17) is 0 Å². The molecule has 1 nitrogen and oxygen atoms in total. The Labute approximate surface area is 88.9 Å². The normalized spacial score (nSPS) is 12.7. The van der Waals surface area contributed by atoms with Crippen LogP contribution in [0.5, 0.6) is 0 Å². The Morgan fingerprint density at radius 1 is 1.12 bits per heavy atom. The summed E-state index contributed by atoms with van der Waals surface area (Å²) in [5, 5.41) is 1.44. The molecule has 2 heterocycles. The summed E-state index contributed by atoms with van der Waals surface area (Å²) in [5.41, 5.74) is -0.382. The van der Waals surface area contributed by atoms with Crippen molar-refractivity contribution in [2.75, 3.05) is 0 Å². The highest BCUT2D eigenvalue weighted by Gasteiger charge is 2.33. The SMILES string of the molecule is FC(F)(F)c1[c]ccc2c3ccc(nc3)c12. The summed E-state index contributed by atoms with van der Waals surface area (Å²) in [6, 6.07) is 8.56. The molecule has 4 rings (SSSR count). The van der Waals surface area contributed by atoms with Gasteiger partial charge in [0.25, 0.3) is 0 Å². The number of nitrogens with zero attached hydrogens (tertiary/aromatic N) is 1. The van der Waals surface area contributed by atoms with Crippen molar-refractivity contribution in [1.82, 2.24) is 4.98 Å². The lowest BCUT2D eigenvalue weighted by atomic mass is 9.99. The lowest BCUT2D eigenvalue weighted by molar-refractivity contribution is -0.136. The topological polar surface area (TPSA) is 12.9 Å². The average molecular weight is 220 g/mol. The molecular weight excluding hydrogens is 215 g/mol. The largest absolute Gasteiger partial charge is 0.417 e. The van der Waals surface area contributed by atoms with Crippen molar-refractivity contribution in [3.05, 3.63) is 42.1 Å². The van der Waals surface area contributed by atoms with Crippen LogP contribution in [0.15, 0.2) is 30.5 Å². The molecular formula is C12H5F3N. The van der Waals surface area contributed by atoms with Crippen molar-refractivity contribution in [3.8, 4) is 0 Å². The fourth-order valence-electron chi connectivity index (χ4n) is 1.93. The molecule has 0 aliphatic rings. The lowest BCUT2D eigenvalue weighted by Gasteiger charge is -2.12. The van der Waals surface area contributed by atoms with Gasteiger partial charge in [-0.25, -0.2) is 0 Å². The summed E-state index contributed by atoms with van der Waals surface area (Å²) in [7, 11) is 0. The third-order valence-electron chi connectivity index (χ3n) is 2.61. The van der Waals surface area contributed by atoms with E-state index >= 15 is 0 Å². The van der Waals surface area contributed by atoms with Gasteiger partial charge in [-0.2, -0.15) is 13.2 Å². The van der Waals surface area contributed by atoms with Crippen LogP contribution < -0.4 is 0 Å². The summed E-state index contributed by atoms with van der Waals surface area (Å²) in [6.07, 6.45) is -2.81. The van der Waals surface area contributed by atoms with E-state index in [1.54, 1.807) is 24.4 Å². The minimum atomic E-state index is -4.39. The fraction of sp³-hybridized carbons (Fsp3) is 0.0833. The monoisotopic (exact) mass is 220 g/mol. The molecule has 0 amide bonds. The van der Waals surface area contributed by atoms with Gasteiger partial charge in [-0.3, -0.25) is 4.98 Å². The van der Waals surface area contributed by atoms with E-state index in [0.29, 0.717) is 16.3 Å². The van der Waals surface area contributed by atoms with E-state index in [1.807, 2.05) is 0 Å². The molecule has 0 fully saturated rings. The first-order valence-electron chi connectivity index (χ1n) is 4.66. The summed E-state index contributed by atoms with van der Waals surface area (Å²) in [6.45, 7) is 0. The van der Waals surface area contributed by atoms with E-state index < -0.39 is 11.7 Å². The van der Waals surface area contributed by atoms with E-state index in [0.717, 1.165) is 0 Å². The number of alkyl halides is 3. The average Bonchev–Trinajstić information content (AvgIpc) is 2.29. The molecule has 0 saturated carbocycles. The molecule has 2 aromatic heterocycles. The Hall–Kier alpha value is -1.84. The standard InChI is InChI=1S/C12H5F3N/c13-12(14,15)9-3-1-2-8-7-4-5-10(11(8)9)16-6-7/h1-2,4-6H. The molecule has 0 aliphatic heterocycles. The number of fused-ring (bicyclic) bond motifs is 2. The number of hydrogen-bond donors (Lipinski definition) is 0. The Morgan fingerprint density at radius 3 is 2.56 bits per heavy atom. The fourth-order valence-corrected chi connectivity index (χ4v) is 1.93. The van der Waals surface area contributed by atoms with Gasteiger partial charge in [0.05, 0.1) is 11.1 Å². The van der Waals surface area contributed by atoms with Crippen LogP contribution in [0.25, 0.3) is 21.7 Å². The third kappa shape index (κ3) is 1.16. The van der Waals surface area contributed by atoms with E-state index in [2.05, 4.69) is 11.1 Å². The smallest absolute Gasteiger partial charge is 0.256 e. The number of aromatic nitrogens is 1. The molecule has 2 aromatic carbocycles. The maximum Gasteiger partial charge on any atom is 0.417 e. The molecule has 16 heavy (non-hydrogen) atoms. The molecule has 0 unspecified atom stereocenters. The molecule has 0 spiro atoms. The van der Waals surface area contributed by atoms with Crippen molar-refractivity contribution in [2.24, 2.45) is 0 Å². The number of benzene rings is 2. The zero-order valence-electron chi connectivity index (χ0n) is 7.97. The maximum atomic E-state index is 12.8. The van der Waals surface area contributed by atoms with Gasteiger partial charge < -0.3 is 0 Å². The van der Waals surface area contributed by atoms with Crippen LogP contribution in [0.3, 0.4) is 0 Å². The highest BCUT2D eigenvalue weighted by Crippen LogP contribution is 2.37. The Morgan fingerprint density at radius 2 is 1.94 bits per heavy atom. The first-order valence-corrected chi connectivity index (χ1v) is 4.66.